The van der Waals surface area contributed by atoms with Gasteiger partial charge in [-0.05, 0) is 25.5 Å². The Bertz CT molecular complexity index is 931. The van der Waals surface area contributed by atoms with Crippen LogP contribution in [0.5, 0.6) is 5.75 Å². The van der Waals surface area contributed by atoms with Gasteiger partial charge in [0.2, 0.25) is 21.1 Å². The summed E-state index contributed by atoms with van der Waals surface area (Å²) in [6, 6.07) is 6.95. The molecular weight excluding hydrogens is 432 g/mol. The molecule has 2 aromatic rings. The van der Waals surface area contributed by atoms with E-state index in [0.717, 1.165) is 10.6 Å². The third kappa shape index (κ3) is 7.33. The summed E-state index contributed by atoms with van der Waals surface area (Å²) >= 11 is 2.77. The number of nitrogens with zero attached hydrogens (tertiary/aromatic N) is 3. The van der Waals surface area contributed by atoms with Gasteiger partial charge < -0.3 is 10.1 Å². The highest BCUT2D eigenvalue weighted by Gasteiger charge is 2.21. The summed E-state index contributed by atoms with van der Waals surface area (Å²) in [5.41, 5.74) is 0.463. The van der Waals surface area contributed by atoms with Crippen LogP contribution in [0.3, 0.4) is 0 Å². The molecule has 1 aromatic heterocycles. The maximum Gasteiger partial charge on any atom is 0.232 e. The predicted molar refractivity (Wildman–Crippen MR) is 118 cm³/mol. The third-order valence-electron chi connectivity index (χ3n) is 3.58. The van der Waals surface area contributed by atoms with Gasteiger partial charge >= 0.3 is 0 Å². The number of sulfonamides is 1. The number of aromatic nitrogens is 2. The number of para-hydroxylation sites is 2. The molecule has 29 heavy (non-hydrogen) atoms. The first-order chi connectivity index (χ1) is 13.8. The first kappa shape index (κ1) is 23.2. The van der Waals surface area contributed by atoms with Crippen LogP contribution in [0.25, 0.3) is 0 Å². The second kappa shape index (κ2) is 11.2. The summed E-state index contributed by atoms with van der Waals surface area (Å²) < 4.78 is 32.1. The number of amides is 1. The minimum absolute atomic E-state index is 0.150. The molecule has 0 unspecified atom stereocenters. The fourth-order valence-electron chi connectivity index (χ4n) is 2.42. The van der Waals surface area contributed by atoms with Crippen molar-refractivity contribution in [1.82, 2.24) is 10.2 Å². The largest absolute Gasteiger partial charge is 0.492 e. The molecule has 0 radical (unpaired) electrons. The maximum absolute atomic E-state index is 12.3. The zero-order valence-electron chi connectivity index (χ0n) is 16.3. The lowest BCUT2D eigenvalue weighted by atomic mass is 10.2. The summed E-state index contributed by atoms with van der Waals surface area (Å²) in [6.45, 7) is 6.06. The summed E-state index contributed by atoms with van der Waals surface area (Å²) in [7, 11) is -3.53. The Morgan fingerprint density at radius 3 is 2.83 bits per heavy atom. The van der Waals surface area contributed by atoms with Gasteiger partial charge in [0.25, 0.3) is 0 Å². The summed E-state index contributed by atoms with van der Waals surface area (Å²) in [4.78, 5) is 12.2. The molecule has 0 saturated heterocycles. The molecule has 0 aliphatic heterocycles. The zero-order valence-corrected chi connectivity index (χ0v) is 18.8. The van der Waals surface area contributed by atoms with Crippen LogP contribution in [0.1, 0.15) is 19.8 Å². The van der Waals surface area contributed by atoms with E-state index in [2.05, 4.69) is 22.1 Å². The van der Waals surface area contributed by atoms with Crippen molar-refractivity contribution in [2.75, 3.05) is 34.8 Å². The molecule has 0 atom stereocenters. The van der Waals surface area contributed by atoms with Crippen molar-refractivity contribution in [1.29, 1.82) is 0 Å². The first-order valence-corrected chi connectivity index (χ1v) is 12.6. The van der Waals surface area contributed by atoms with Crippen LogP contribution in [0.4, 0.5) is 10.8 Å². The monoisotopic (exact) mass is 456 g/mol. The summed E-state index contributed by atoms with van der Waals surface area (Å²) in [5.74, 6) is 0.962. The van der Waals surface area contributed by atoms with Crippen molar-refractivity contribution in [2.45, 2.75) is 24.1 Å². The Balaban J connectivity index is 1.96. The normalized spacial score (nSPS) is 11.1. The predicted octanol–water partition coefficient (Wildman–Crippen LogP) is 3.40. The Kier molecular flexibility index (Phi) is 8.93. The number of rotatable bonds is 12. The van der Waals surface area contributed by atoms with Crippen LogP contribution < -0.4 is 14.4 Å². The van der Waals surface area contributed by atoms with E-state index in [0.29, 0.717) is 35.3 Å². The highest BCUT2D eigenvalue weighted by molar-refractivity contribution is 8.01. The van der Waals surface area contributed by atoms with Crippen LogP contribution in [0.15, 0.2) is 41.3 Å². The van der Waals surface area contributed by atoms with Gasteiger partial charge in [-0.1, -0.05) is 41.3 Å². The van der Waals surface area contributed by atoms with Gasteiger partial charge in [-0.2, -0.15) is 0 Å². The Morgan fingerprint density at radius 2 is 2.14 bits per heavy atom. The van der Waals surface area contributed by atoms with Gasteiger partial charge in [-0.15, -0.1) is 16.8 Å². The molecule has 0 aliphatic carbocycles. The van der Waals surface area contributed by atoms with Gasteiger partial charge in [0.1, 0.15) is 5.75 Å². The van der Waals surface area contributed by atoms with E-state index < -0.39 is 10.0 Å². The van der Waals surface area contributed by atoms with Crippen LogP contribution in [-0.2, 0) is 14.8 Å². The number of ether oxygens (including phenoxy) is 1. The molecule has 0 aliphatic rings. The first-order valence-electron chi connectivity index (χ1n) is 8.91. The molecule has 158 valence electrons. The van der Waals surface area contributed by atoms with E-state index >= 15 is 0 Å². The van der Waals surface area contributed by atoms with Crippen molar-refractivity contribution in [3.63, 3.8) is 0 Å². The van der Waals surface area contributed by atoms with Gasteiger partial charge in [0.15, 0.2) is 4.34 Å². The topological polar surface area (TPSA) is 101 Å². The van der Waals surface area contributed by atoms with Gasteiger partial charge in [-0.25, -0.2) is 8.42 Å². The Labute approximate surface area is 179 Å². The third-order valence-corrected chi connectivity index (χ3v) is 6.72. The molecule has 0 fully saturated rings. The number of nitrogens with one attached hydrogen (secondary N) is 1. The molecule has 1 heterocycles. The number of carbonyl (C=O) groups excluding carboxylic acids is 1. The van der Waals surface area contributed by atoms with Crippen molar-refractivity contribution in [2.24, 2.45) is 0 Å². The average Bonchev–Trinajstić information content (AvgIpc) is 3.11. The quantitative estimate of drug-likeness (QED) is 0.297. The number of benzene rings is 1. The van der Waals surface area contributed by atoms with Gasteiger partial charge in [-0.3, -0.25) is 9.10 Å². The van der Waals surface area contributed by atoms with E-state index in [4.69, 9.17) is 4.74 Å². The van der Waals surface area contributed by atoms with Gasteiger partial charge in [0.05, 0.1) is 18.6 Å². The zero-order chi connectivity index (χ0) is 21.3. The van der Waals surface area contributed by atoms with Crippen LogP contribution in [0.2, 0.25) is 0 Å². The van der Waals surface area contributed by atoms with E-state index in [9.17, 15) is 13.2 Å². The minimum atomic E-state index is -3.53. The van der Waals surface area contributed by atoms with Gasteiger partial charge in [0, 0.05) is 18.7 Å². The van der Waals surface area contributed by atoms with E-state index in [1.165, 1.54) is 27.4 Å². The minimum Gasteiger partial charge on any atom is -0.492 e. The molecule has 0 spiro atoms. The molecule has 0 bridgehead atoms. The maximum atomic E-state index is 12.3. The molecule has 1 amide bonds. The lowest BCUT2D eigenvalue weighted by molar-refractivity contribution is -0.116. The lowest BCUT2D eigenvalue weighted by Gasteiger charge is -2.24. The summed E-state index contributed by atoms with van der Waals surface area (Å²) in [6.07, 6.45) is 3.40. The number of thioether (sulfide) groups is 1. The highest BCUT2D eigenvalue weighted by atomic mass is 32.2. The van der Waals surface area contributed by atoms with Crippen molar-refractivity contribution in [3.05, 3.63) is 36.9 Å². The fraction of sp³-hybridized carbons (Fsp3) is 0.389. The number of carbonyl (C=O) groups is 1. The van der Waals surface area contributed by atoms with Crippen LogP contribution in [0, 0.1) is 0 Å². The molecule has 1 N–H and O–H groups in total. The molecular formula is C18H24N4O4S3. The molecule has 1 aromatic carbocycles. The van der Waals surface area contributed by atoms with E-state index in [1.807, 2.05) is 6.92 Å². The smallest absolute Gasteiger partial charge is 0.232 e. The standard InChI is InChI=1S/C18H24N4O4S3/c1-4-13-27-18-21-20-17(28-18)19-16(23)11-8-12-22(29(3,24)25)14-9-6-7-10-15(14)26-5-2/h4,6-7,9-10H,1,5,8,11-13H2,2-3H3,(H,19,20,23). The molecule has 2 rings (SSSR count). The SMILES string of the molecule is C=CCSc1nnc(NC(=O)CCCN(c2ccccc2OCC)S(C)(=O)=O)s1. The van der Waals surface area contributed by atoms with Crippen molar-refractivity contribution >= 4 is 49.8 Å². The van der Waals surface area contributed by atoms with Crippen molar-refractivity contribution < 1.29 is 17.9 Å². The van der Waals surface area contributed by atoms with Crippen LogP contribution in [-0.4, -0.2) is 49.7 Å². The second-order valence-electron chi connectivity index (χ2n) is 5.86. The average molecular weight is 457 g/mol. The Hall–Kier alpha value is -2.11. The molecule has 0 saturated carbocycles. The van der Waals surface area contributed by atoms with Crippen molar-refractivity contribution in [3.8, 4) is 5.75 Å². The fourth-order valence-corrected chi connectivity index (χ4v) is 4.92. The number of hydrogen-bond donors (Lipinski definition) is 1. The molecule has 11 heteroatoms. The molecule has 8 nitrogen and oxygen atoms in total. The summed E-state index contributed by atoms with van der Waals surface area (Å²) in [5, 5.41) is 11.0. The van der Waals surface area contributed by atoms with E-state index in [-0.39, 0.29) is 18.9 Å². The highest BCUT2D eigenvalue weighted by Crippen LogP contribution is 2.30. The second-order valence-corrected chi connectivity index (χ2v) is 10.0. The van der Waals surface area contributed by atoms with Crippen LogP contribution >= 0.6 is 23.1 Å². The Morgan fingerprint density at radius 1 is 1.38 bits per heavy atom. The number of hydrogen-bond acceptors (Lipinski definition) is 8. The lowest BCUT2D eigenvalue weighted by Crippen LogP contribution is -2.31. The van der Waals surface area contributed by atoms with E-state index in [1.54, 1.807) is 30.3 Å². The number of anilines is 2.